The van der Waals surface area contributed by atoms with Crippen molar-refractivity contribution in [1.82, 2.24) is 14.9 Å². The van der Waals surface area contributed by atoms with Crippen LogP contribution in [0.5, 0.6) is 0 Å². The summed E-state index contributed by atoms with van der Waals surface area (Å²) in [6.07, 6.45) is 7.78. The highest BCUT2D eigenvalue weighted by Gasteiger charge is 2.23. The lowest BCUT2D eigenvalue weighted by atomic mass is 9.92. The van der Waals surface area contributed by atoms with E-state index in [0.717, 1.165) is 17.4 Å². The van der Waals surface area contributed by atoms with Gasteiger partial charge in [-0.25, -0.2) is 9.78 Å². The van der Waals surface area contributed by atoms with Crippen LogP contribution in [0.25, 0.3) is 11.3 Å². The fourth-order valence-corrected chi connectivity index (χ4v) is 6.48. The Morgan fingerprint density at radius 1 is 1.12 bits per heavy atom. The summed E-state index contributed by atoms with van der Waals surface area (Å²) in [6, 6.07) is 13.7. The lowest BCUT2D eigenvalue weighted by molar-refractivity contribution is -0.141. The van der Waals surface area contributed by atoms with Crippen molar-refractivity contribution in [3.8, 4) is 11.3 Å². The van der Waals surface area contributed by atoms with Gasteiger partial charge in [-0.05, 0) is 73.7 Å². The van der Waals surface area contributed by atoms with E-state index in [1.165, 1.54) is 14.2 Å². The van der Waals surface area contributed by atoms with Crippen LogP contribution in [0.4, 0.5) is 16.2 Å². The summed E-state index contributed by atoms with van der Waals surface area (Å²) in [5.41, 5.74) is 3.33. The van der Waals surface area contributed by atoms with Gasteiger partial charge in [-0.2, -0.15) is 0 Å². The first-order chi connectivity index (χ1) is 23.5. The third-order valence-corrected chi connectivity index (χ3v) is 10.2. The maximum Gasteiger partial charge on any atom is 0.411 e. The average Bonchev–Trinajstić information content (AvgIpc) is 3.48. The van der Waals surface area contributed by atoms with Gasteiger partial charge in [0.1, 0.15) is 12.6 Å². The Balaban J connectivity index is 1.68. The number of hydrogen-bond acceptors (Lipinski definition) is 8. The number of esters is 1. The predicted octanol–water partition coefficient (Wildman–Crippen LogP) is 7.74. The molecule has 1 aliphatic heterocycles. The molecule has 4 rings (SSSR count). The second-order valence-electron chi connectivity index (χ2n) is 13.3. The van der Waals surface area contributed by atoms with Crippen LogP contribution in [0.1, 0.15) is 55.5 Å². The number of fused-ring (bicyclic) bond motifs is 4. The average molecular weight is 710 g/mol. The summed E-state index contributed by atoms with van der Waals surface area (Å²) in [4.78, 5) is 42.4. The fraction of sp³-hybridized carbons (Fsp3) is 0.444. The summed E-state index contributed by atoms with van der Waals surface area (Å²) < 4.78 is 18.0. The first kappa shape index (κ1) is 37.8. The number of nitrogens with zero attached hydrogens (tertiary/aromatic N) is 2. The minimum Gasteiger partial charge on any atom is -0.469 e. The third-order valence-electron chi connectivity index (χ3n) is 8.27. The zero-order chi connectivity index (χ0) is 35.4. The largest absolute Gasteiger partial charge is 0.469 e. The molecule has 0 radical (unpaired) electrons. The van der Waals surface area contributed by atoms with Crippen molar-refractivity contribution in [2.45, 2.75) is 76.5 Å². The molecule has 1 unspecified atom stereocenters. The van der Waals surface area contributed by atoms with Gasteiger partial charge < -0.3 is 29.4 Å². The molecule has 2 amide bonds. The number of amides is 2. The number of rotatable bonds is 13. The van der Waals surface area contributed by atoms with Gasteiger partial charge >= 0.3 is 12.1 Å². The molecule has 0 fully saturated rings. The first-order valence-electron chi connectivity index (χ1n) is 16.6. The van der Waals surface area contributed by atoms with Crippen LogP contribution in [0.3, 0.4) is 0 Å². The SMILES string of the molecule is COC(=O)CC(CCN[C@H]1C/C=C/CCC(=O)Nc2cc(NC(=O)OC)ccc2-c2cn(COCC[Si](C)(C)C)c1n2)c1cccc(Cl)c1. The Bertz CT molecular complexity index is 1620. The van der Waals surface area contributed by atoms with Gasteiger partial charge in [0.15, 0.2) is 0 Å². The zero-order valence-corrected chi connectivity index (χ0v) is 30.8. The van der Waals surface area contributed by atoms with E-state index in [1.807, 2.05) is 47.2 Å². The Hall–Kier alpha value is -3.97. The van der Waals surface area contributed by atoms with Crippen molar-refractivity contribution >= 4 is 49.0 Å². The summed E-state index contributed by atoms with van der Waals surface area (Å²) >= 11 is 6.31. The van der Waals surface area contributed by atoms with E-state index in [9.17, 15) is 14.4 Å². The minimum atomic E-state index is -1.30. The number of halogens is 1. The number of benzene rings is 2. The molecular weight excluding hydrogens is 662 g/mol. The molecule has 3 aromatic rings. The number of anilines is 2. The number of hydrogen-bond donors (Lipinski definition) is 3. The van der Waals surface area contributed by atoms with E-state index in [4.69, 9.17) is 30.8 Å². The lowest BCUT2D eigenvalue weighted by Crippen LogP contribution is -2.27. The van der Waals surface area contributed by atoms with E-state index in [2.05, 4.69) is 41.7 Å². The molecule has 2 bridgehead atoms. The molecule has 49 heavy (non-hydrogen) atoms. The number of ether oxygens (including phenoxy) is 3. The number of allylic oxidation sites excluding steroid dienone is 1. The molecule has 2 atom stereocenters. The van der Waals surface area contributed by atoms with Gasteiger partial charge in [0.05, 0.1) is 38.1 Å². The first-order valence-corrected chi connectivity index (χ1v) is 20.7. The molecule has 1 aromatic heterocycles. The van der Waals surface area contributed by atoms with Crippen molar-refractivity contribution in [2.75, 3.05) is 38.0 Å². The normalized spacial score (nSPS) is 16.2. The summed E-state index contributed by atoms with van der Waals surface area (Å²) in [5, 5.41) is 10.00. The van der Waals surface area contributed by atoms with Crippen molar-refractivity contribution in [3.63, 3.8) is 0 Å². The molecule has 11 nitrogen and oxygen atoms in total. The van der Waals surface area contributed by atoms with Gasteiger partial charge in [-0.1, -0.05) is 55.5 Å². The van der Waals surface area contributed by atoms with Crippen LogP contribution in [0, 0.1) is 0 Å². The summed E-state index contributed by atoms with van der Waals surface area (Å²) in [5.74, 6) is 0.258. The second-order valence-corrected chi connectivity index (χ2v) is 19.4. The molecular formula is C36H48ClN5O6Si. The highest BCUT2D eigenvalue weighted by atomic mass is 35.5. The number of aromatic nitrogens is 2. The van der Waals surface area contributed by atoms with E-state index in [0.29, 0.717) is 73.2 Å². The Morgan fingerprint density at radius 3 is 2.67 bits per heavy atom. The number of imidazole rings is 1. The molecule has 0 saturated carbocycles. The van der Waals surface area contributed by atoms with Gasteiger partial charge in [-0.15, -0.1) is 0 Å². The quantitative estimate of drug-likeness (QED) is 0.0711. The van der Waals surface area contributed by atoms with Crippen LogP contribution in [0.2, 0.25) is 30.7 Å². The van der Waals surface area contributed by atoms with Gasteiger partial charge in [0.2, 0.25) is 5.91 Å². The van der Waals surface area contributed by atoms with Gasteiger partial charge in [0.25, 0.3) is 0 Å². The Labute approximate surface area is 294 Å². The van der Waals surface area contributed by atoms with Crippen LogP contribution in [-0.2, 0) is 30.5 Å². The van der Waals surface area contributed by atoms with Crippen LogP contribution in [0.15, 0.2) is 60.8 Å². The fourth-order valence-electron chi connectivity index (χ4n) is 5.52. The number of methoxy groups -OCH3 is 2. The van der Waals surface area contributed by atoms with Crippen molar-refractivity contribution in [3.05, 3.63) is 77.2 Å². The van der Waals surface area contributed by atoms with E-state index < -0.39 is 14.2 Å². The monoisotopic (exact) mass is 709 g/mol. The standard InChI is InChI=1S/C36H48ClN5O6Si/c1-46-34(44)21-26(25-10-9-11-27(37)20-25)16-17-38-30-12-7-6-8-13-33(43)40-31-22-28(39-36(45)47-2)14-15-29(31)32-23-42(35(30)41-32)24-48-18-19-49(3,4)5/h6-7,9-11,14-15,20,22-23,26,30,38H,8,12-13,16-19,21,24H2,1-5H3,(H,39,45)(H,40,43)/b7-6+/t26?,30-/m0/s1. The zero-order valence-electron chi connectivity index (χ0n) is 29.0. The molecule has 0 saturated heterocycles. The molecule has 3 N–H and O–H groups in total. The molecule has 2 aromatic carbocycles. The lowest BCUT2D eigenvalue weighted by Gasteiger charge is -2.22. The molecule has 0 spiro atoms. The third kappa shape index (κ3) is 11.8. The van der Waals surface area contributed by atoms with Crippen molar-refractivity contribution < 1.29 is 28.6 Å². The summed E-state index contributed by atoms with van der Waals surface area (Å²) in [6.45, 7) is 8.50. The number of carbonyl (C=O) groups excluding carboxylic acids is 3. The minimum absolute atomic E-state index is 0.0964. The molecule has 13 heteroatoms. The van der Waals surface area contributed by atoms with Crippen molar-refractivity contribution in [1.29, 1.82) is 0 Å². The van der Waals surface area contributed by atoms with E-state index in [1.54, 1.807) is 12.1 Å². The van der Waals surface area contributed by atoms with E-state index >= 15 is 0 Å². The molecule has 0 aliphatic carbocycles. The van der Waals surface area contributed by atoms with Gasteiger partial charge in [-0.3, -0.25) is 14.9 Å². The van der Waals surface area contributed by atoms with Crippen LogP contribution < -0.4 is 16.0 Å². The molecule has 2 heterocycles. The smallest absolute Gasteiger partial charge is 0.411 e. The van der Waals surface area contributed by atoms with Crippen molar-refractivity contribution in [2.24, 2.45) is 0 Å². The maximum atomic E-state index is 13.0. The summed E-state index contributed by atoms with van der Waals surface area (Å²) in [7, 11) is 1.39. The number of nitrogens with one attached hydrogen (secondary N) is 3. The van der Waals surface area contributed by atoms with Crippen LogP contribution >= 0.6 is 11.6 Å². The molecule has 1 aliphatic rings. The molecule has 264 valence electrons. The Kier molecular flexibility index (Phi) is 14.0. The highest BCUT2D eigenvalue weighted by molar-refractivity contribution is 6.76. The van der Waals surface area contributed by atoms with E-state index in [-0.39, 0.29) is 30.3 Å². The predicted molar refractivity (Wildman–Crippen MR) is 196 cm³/mol. The highest BCUT2D eigenvalue weighted by Crippen LogP contribution is 2.33. The second kappa shape index (κ2) is 18.1. The maximum absolute atomic E-state index is 13.0. The topological polar surface area (TPSA) is 133 Å². The Morgan fingerprint density at radius 2 is 1.94 bits per heavy atom. The van der Waals surface area contributed by atoms with Crippen LogP contribution in [-0.4, -0.2) is 63.0 Å². The van der Waals surface area contributed by atoms with Gasteiger partial charge in [0, 0.05) is 43.6 Å². The number of carbonyl (C=O) groups is 3.